The van der Waals surface area contributed by atoms with Gasteiger partial charge in [0.2, 0.25) is 10.0 Å². The molecule has 1 aromatic rings. The second kappa shape index (κ2) is 6.83. The lowest BCUT2D eigenvalue weighted by atomic mass is 10.2. The van der Waals surface area contributed by atoms with E-state index in [1.807, 2.05) is 0 Å². The highest BCUT2D eigenvalue weighted by atomic mass is 79.9. The molecule has 0 heterocycles. The number of rotatable bonds is 6. The van der Waals surface area contributed by atoms with Gasteiger partial charge in [-0.05, 0) is 31.9 Å². The van der Waals surface area contributed by atoms with Gasteiger partial charge in [0.05, 0.1) is 26.2 Å². The van der Waals surface area contributed by atoms with Crippen molar-refractivity contribution in [3.8, 4) is 5.75 Å². The van der Waals surface area contributed by atoms with E-state index in [4.69, 9.17) is 9.88 Å². The third kappa shape index (κ3) is 5.35. The number of nitro benzene ring substituents is 1. The lowest BCUT2D eigenvalue weighted by molar-refractivity contribution is -0.385. The number of benzene rings is 1. The first-order chi connectivity index (χ1) is 9.10. The van der Waals surface area contributed by atoms with Crippen molar-refractivity contribution >= 4 is 47.6 Å². The molecule has 0 aliphatic heterocycles. The molecule has 0 saturated carbocycles. The summed E-state index contributed by atoms with van der Waals surface area (Å²) >= 11 is 6.35. The van der Waals surface area contributed by atoms with E-state index in [9.17, 15) is 18.5 Å². The van der Waals surface area contributed by atoms with Crippen molar-refractivity contribution in [1.29, 1.82) is 0 Å². The number of hydrogen-bond acceptors (Lipinski definition) is 5. The van der Waals surface area contributed by atoms with Gasteiger partial charge in [0.25, 0.3) is 5.69 Å². The summed E-state index contributed by atoms with van der Waals surface area (Å²) in [7, 11) is -3.56. The molecule has 1 atom stereocenters. The molecule has 2 N–H and O–H groups in total. The zero-order chi connectivity index (χ0) is 15.5. The Labute approximate surface area is 132 Å². The fourth-order valence-corrected chi connectivity index (χ4v) is 3.74. The zero-order valence-corrected chi connectivity index (χ0v) is 14.4. The van der Waals surface area contributed by atoms with Crippen LogP contribution in [0.4, 0.5) is 5.69 Å². The number of nitro groups is 1. The Morgan fingerprint density at radius 2 is 1.90 bits per heavy atom. The van der Waals surface area contributed by atoms with Crippen LogP contribution in [0.25, 0.3) is 0 Å². The Hall–Kier alpha value is -0.710. The van der Waals surface area contributed by atoms with Gasteiger partial charge in [-0.25, -0.2) is 13.6 Å². The lowest BCUT2D eigenvalue weighted by Gasteiger charge is -2.14. The third-order valence-electron chi connectivity index (χ3n) is 2.22. The van der Waals surface area contributed by atoms with E-state index in [1.165, 1.54) is 12.1 Å². The summed E-state index contributed by atoms with van der Waals surface area (Å²) in [6.07, 6.45) is 0. The Morgan fingerprint density at radius 3 is 2.30 bits per heavy atom. The molecular formula is C10H12Br2N2O5S. The predicted octanol–water partition coefficient (Wildman–Crippen LogP) is 2.42. The van der Waals surface area contributed by atoms with Gasteiger partial charge in [-0.2, -0.15) is 0 Å². The number of sulfonamides is 1. The smallest absolute Gasteiger partial charge is 0.271 e. The fraction of sp³-hybridized carbons (Fsp3) is 0.400. The molecule has 112 valence electrons. The second-order valence-corrected chi connectivity index (χ2v) is 7.61. The minimum atomic E-state index is -3.56. The average molecular weight is 432 g/mol. The quantitative estimate of drug-likeness (QED) is 0.548. The second-order valence-electron chi connectivity index (χ2n) is 4.24. The standard InChI is InChI=1S/C10H12Br2N2O5S/c1-6(5-20(13,17)18)4-19-10-8(11)2-7(14(15)16)3-9(10)12/h2-3,6H,4-5H2,1H3,(H2,13,17,18). The molecular weight excluding hydrogens is 420 g/mol. The summed E-state index contributed by atoms with van der Waals surface area (Å²) in [5.74, 6) is -0.134. The molecule has 0 bridgehead atoms. The molecule has 1 unspecified atom stereocenters. The van der Waals surface area contributed by atoms with E-state index in [-0.39, 0.29) is 24.0 Å². The Balaban J connectivity index is 2.81. The van der Waals surface area contributed by atoms with E-state index in [0.717, 1.165) is 0 Å². The van der Waals surface area contributed by atoms with Gasteiger partial charge in [-0.3, -0.25) is 10.1 Å². The molecule has 10 heteroatoms. The van der Waals surface area contributed by atoms with Crippen LogP contribution < -0.4 is 9.88 Å². The normalized spacial score (nSPS) is 13.0. The maximum absolute atomic E-state index is 10.9. The minimum absolute atomic E-state index is 0.0892. The summed E-state index contributed by atoms with van der Waals surface area (Å²) in [5, 5.41) is 15.6. The summed E-state index contributed by atoms with van der Waals surface area (Å²) in [6.45, 7) is 1.79. The number of non-ortho nitro benzene ring substituents is 1. The van der Waals surface area contributed by atoms with Gasteiger partial charge in [0.15, 0.2) is 0 Å². The third-order valence-corrected chi connectivity index (χ3v) is 4.43. The molecule has 0 spiro atoms. The number of nitrogens with two attached hydrogens (primary N) is 1. The van der Waals surface area contributed by atoms with Crippen LogP contribution in [0.1, 0.15) is 6.92 Å². The highest BCUT2D eigenvalue weighted by Gasteiger charge is 2.17. The summed E-state index contributed by atoms with van der Waals surface area (Å²) in [6, 6.07) is 2.62. The number of nitrogens with zero attached hydrogens (tertiary/aromatic N) is 1. The van der Waals surface area contributed by atoms with Gasteiger partial charge in [0, 0.05) is 18.1 Å². The van der Waals surface area contributed by atoms with Crippen LogP contribution in [0, 0.1) is 16.0 Å². The minimum Gasteiger partial charge on any atom is -0.491 e. The summed E-state index contributed by atoms with van der Waals surface area (Å²) in [4.78, 5) is 10.2. The van der Waals surface area contributed by atoms with Gasteiger partial charge in [-0.1, -0.05) is 6.92 Å². The van der Waals surface area contributed by atoms with Gasteiger partial charge >= 0.3 is 0 Å². The molecule has 0 aliphatic rings. The summed E-state index contributed by atoms with van der Waals surface area (Å²) < 4.78 is 28.2. The molecule has 0 radical (unpaired) electrons. The molecule has 0 amide bonds. The van der Waals surface area contributed by atoms with Crippen molar-refractivity contribution in [1.82, 2.24) is 0 Å². The molecule has 1 aromatic carbocycles. The molecule has 20 heavy (non-hydrogen) atoms. The molecule has 1 rings (SSSR count). The molecule has 0 saturated heterocycles. The summed E-state index contributed by atoms with van der Waals surface area (Å²) in [5.41, 5.74) is -0.0892. The van der Waals surface area contributed by atoms with Gasteiger partial charge < -0.3 is 4.74 Å². The van der Waals surface area contributed by atoms with E-state index >= 15 is 0 Å². The highest BCUT2D eigenvalue weighted by Crippen LogP contribution is 2.37. The maximum atomic E-state index is 10.9. The first kappa shape index (κ1) is 17.3. The van der Waals surface area contributed by atoms with Crippen LogP contribution in [-0.2, 0) is 10.0 Å². The largest absolute Gasteiger partial charge is 0.491 e. The lowest BCUT2D eigenvalue weighted by Crippen LogP contribution is -2.25. The van der Waals surface area contributed by atoms with Crippen LogP contribution in [0.2, 0.25) is 0 Å². The van der Waals surface area contributed by atoms with E-state index in [1.54, 1.807) is 6.92 Å². The molecule has 0 aliphatic carbocycles. The maximum Gasteiger partial charge on any atom is 0.271 e. The van der Waals surface area contributed by atoms with Gasteiger partial charge in [0.1, 0.15) is 5.75 Å². The highest BCUT2D eigenvalue weighted by molar-refractivity contribution is 9.11. The van der Waals surface area contributed by atoms with Crippen molar-refractivity contribution in [2.24, 2.45) is 11.1 Å². The molecule has 0 aromatic heterocycles. The number of ether oxygens (including phenoxy) is 1. The Kier molecular flexibility index (Phi) is 5.92. The van der Waals surface area contributed by atoms with E-state index in [2.05, 4.69) is 31.9 Å². The monoisotopic (exact) mass is 430 g/mol. The topological polar surface area (TPSA) is 113 Å². The Bertz CT molecular complexity index is 597. The molecule has 0 fully saturated rings. The molecule has 7 nitrogen and oxygen atoms in total. The fourth-order valence-electron chi connectivity index (χ4n) is 1.46. The number of primary sulfonamides is 1. The van der Waals surface area contributed by atoms with Crippen molar-refractivity contribution in [3.05, 3.63) is 31.2 Å². The van der Waals surface area contributed by atoms with Crippen molar-refractivity contribution < 1.29 is 18.1 Å². The van der Waals surface area contributed by atoms with Crippen LogP contribution in [-0.4, -0.2) is 25.7 Å². The van der Waals surface area contributed by atoms with E-state index < -0.39 is 14.9 Å². The SMILES string of the molecule is CC(COc1c(Br)cc([N+](=O)[O-])cc1Br)CS(N)(=O)=O. The van der Waals surface area contributed by atoms with Gasteiger partial charge in [-0.15, -0.1) is 0 Å². The Morgan fingerprint density at radius 1 is 1.40 bits per heavy atom. The van der Waals surface area contributed by atoms with Crippen LogP contribution in [0.3, 0.4) is 0 Å². The van der Waals surface area contributed by atoms with Crippen molar-refractivity contribution in [2.45, 2.75) is 6.92 Å². The van der Waals surface area contributed by atoms with Crippen LogP contribution in [0.5, 0.6) is 5.75 Å². The van der Waals surface area contributed by atoms with Crippen LogP contribution >= 0.6 is 31.9 Å². The van der Waals surface area contributed by atoms with Crippen molar-refractivity contribution in [2.75, 3.05) is 12.4 Å². The van der Waals surface area contributed by atoms with E-state index in [0.29, 0.717) is 14.7 Å². The van der Waals surface area contributed by atoms with Crippen LogP contribution in [0.15, 0.2) is 21.1 Å². The van der Waals surface area contributed by atoms with Crippen molar-refractivity contribution in [3.63, 3.8) is 0 Å². The predicted molar refractivity (Wildman–Crippen MR) is 81.1 cm³/mol. The first-order valence-corrected chi connectivity index (χ1v) is 8.67. The number of hydrogen-bond donors (Lipinski definition) is 1. The zero-order valence-electron chi connectivity index (χ0n) is 10.4. The first-order valence-electron chi connectivity index (χ1n) is 5.37. The average Bonchev–Trinajstić information content (AvgIpc) is 2.24. The number of halogens is 2.